The van der Waals surface area contributed by atoms with Gasteiger partial charge in [-0.3, -0.25) is 0 Å². The highest BCUT2D eigenvalue weighted by Crippen LogP contribution is 2.40. The largest absolute Gasteiger partial charge is 0.388 e. The fourth-order valence-electron chi connectivity index (χ4n) is 5.16. The molecule has 1 heterocycles. The minimum atomic E-state index is 0.574. The standard InChI is InChI=1S/C26H33N/c1-19(2)25-18-27-26(17-24(25)22-11-7-4-8-12-22)23-15-13-21(14-16-23)20-9-5-3-6-10-20/h3-11,13,15,18-19,21-24,26-27H,12,14,16-17H2,1-2H3. The lowest BCUT2D eigenvalue weighted by atomic mass is 9.70. The second-order valence-corrected chi connectivity index (χ2v) is 8.77. The molecule has 0 saturated carbocycles. The van der Waals surface area contributed by atoms with Crippen LogP contribution in [0.2, 0.25) is 0 Å². The summed E-state index contributed by atoms with van der Waals surface area (Å²) in [4.78, 5) is 0. The molecule has 0 fully saturated rings. The molecule has 5 unspecified atom stereocenters. The second-order valence-electron chi connectivity index (χ2n) is 8.77. The zero-order chi connectivity index (χ0) is 18.6. The van der Waals surface area contributed by atoms with Crippen molar-refractivity contribution in [3.8, 4) is 0 Å². The Morgan fingerprint density at radius 3 is 2.44 bits per heavy atom. The fraction of sp³-hybridized carbons (Fsp3) is 0.462. The van der Waals surface area contributed by atoms with E-state index in [9.17, 15) is 0 Å². The first-order valence-electron chi connectivity index (χ1n) is 10.7. The molecule has 0 radical (unpaired) electrons. The maximum atomic E-state index is 3.79. The molecule has 3 aliphatic rings. The molecular weight excluding hydrogens is 326 g/mol. The maximum absolute atomic E-state index is 3.79. The van der Waals surface area contributed by atoms with E-state index in [1.54, 1.807) is 5.57 Å². The van der Waals surface area contributed by atoms with Crippen LogP contribution in [0.4, 0.5) is 0 Å². The summed E-state index contributed by atoms with van der Waals surface area (Å²) < 4.78 is 0. The molecule has 5 atom stereocenters. The highest BCUT2D eigenvalue weighted by atomic mass is 14.9. The van der Waals surface area contributed by atoms with Gasteiger partial charge in [-0.05, 0) is 66.7 Å². The predicted molar refractivity (Wildman–Crippen MR) is 115 cm³/mol. The molecule has 0 aromatic heterocycles. The summed E-state index contributed by atoms with van der Waals surface area (Å²) in [7, 11) is 0. The van der Waals surface area contributed by atoms with E-state index in [0.717, 1.165) is 0 Å². The van der Waals surface area contributed by atoms with E-state index in [4.69, 9.17) is 0 Å². The number of rotatable bonds is 4. The first kappa shape index (κ1) is 18.3. The van der Waals surface area contributed by atoms with Crippen molar-refractivity contribution in [1.29, 1.82) is 0 Å². The van der Waals surface area contributed by atoms with Crippen LogP contribution < -0.4 is 5.32 Å². The second kappa shape index (κ2) is 8.33. The van der Waals surface area contributed by atoms with Crippen LogP contribution in [0.25, 0.3) is 0 Å². The molecule has 27 heavy (non-hydrogen) atoms. The summed E-state index contributed by atoms with van der Waals surface area (Å²) in [5, 5.41) is 3.79. The lowest BCUT2D eigenvalue weighted by molar-refractivity contribution is 0.276. The van der Waals surface area contributed by atoms with Crippen LogP contribution in [-0.2, 0) is 0 Å². The number of benzene rings is 1. The van der Waals surface area contributed by atoms with Gasteiger partial charge >= 0.3 is 0 Å². The summed E-state index contributed by atoms with van der Waals surface area (Å²) in [5.74, 6) is 3.21. The molecule has 0 amide bonds. The molecule has 4 rings (SSSR count). The maximum Gasteiger partial charge on any atom is 0.0324 e. The molecular formula is C26H33N. The van der Waals surface area contributed by atoms with Crippen molar-refractivity contribution in [1.82, 2.24) is 5.32 Å². The normalized spacial score (nSPS) is 33.0. The Labute approximate surface area is 165 Å². The van der Waals surface area contributed by atoms with Crippen molar-refractivity contribution in [3.63, 3.8) is 0 Å². The van der Waals surface area contributed by atoms with Gasteiger partial charge in [-0.1, -0.05) is 80.6 Å². The smallest absolute Gasteiger partial charge is 0.0324 e. The Balaban J connectivity index is 1.47. The minimum Gasteiger partial charge on any atom is -0.388 e. The molecule has 2 aliphatic carbocycles. The number of nitrogens with one attached hydrogen (secondary N) is 1. The highest BCUT2D eigenvalue weighted by Gasteiger charge is 2.34. The molecule has 0 spiro atoms. The number of allylic oxidation sites excluding steroid dienone is 6. The van der Waals surface area contributed by atoms with Gasteiger partial charge in [0.2, 0.25) is 0 Å². The molecule has 0 bridgehead atoms. The molecule has 1 heteroatoms. The Morgan fingerprint density at radius 2 is 1.78 bits per heavy atom. The Bertz CT molecular complexity index is 737. The highest BCUT2D eigenvalue weighted by molar-refractivity contribution is 5.27. The van der Waals surface area contributed by atoms with Crippen LogP contribution in [0.5, 0.6) is 0 Å². The van der Waals surface area contributed by atoms with Crippen molar-refractivity contribution in [2.45, 2.75) is 51.5 Å². The molecule has 142 valence electrons. The topological polar surface area (TPSA) is 12.0 Å². The first-order chi connectivity index (χ1) is 13.2. The third-order valence-electron chi connectivity index (χ3n) is 6.74. The van der Waals surface area contributed by atoms with E-state index in [2.05, 4.69) is 92.2 Å². The summed E-state index contributed by atoms with van der Waals surface area (Å²) in [6.45, 7) is 4.68. The van der Waals surface area contributed by atoms with Gasteiger partial charge < -0.3 is 5.32 Å². The van der Waals surface area contributed by atoms with E-state index < -0.39 is 0 Å². The number of hydrogen-bond acceptors (Lipinski definition) is 1. The zero-order valence-corrected chi connectivity index (χ0v) is 16.7. The summed E-state index contributed by atoms with van der Waals surface area (Å²) >= 11 is 0. The van der Waals surface area contributed by atoms with Crippen LogP contribution >= 0.6 is 0 Å². The van der Waals surface area contributed by atoms with Crippen molar-refractivity contribution < 1.29 is 0 Å². The van der Waals surface area contributed by atoms with E-state index in [-0.39, 0.29) is 0 Å². The molecule has 0 saturated heterocycles. The van der Waals surface area contributed by atoms with Gasteiger partial charge in [0.25, 0.3) is 0 Å². The van der Waals surface area contributed by atoms with Crippen LogP contribution in [0, 0.1) is 23.7 Å². The lowest BCUT2D eigenvalue weighted by Gasteiger charge is -2.40. The zero-order valence-electron chi connectivity index (χ0n) is 16.7. The minimum absolute atomic E-state index is 0.574. The summed E-state index contributed by atoms with van der Waals surface area (Å²) in [6.07, 6.45) is 21.5. The van der Waals surface area contributed by atoms with Crippen LogP contribution in [0.15, 0.2) is 78.6 Å². The fourth-order valence-corrected chi connectivity index (χ4v) is 5.16. The SMILES string of the molecule is CC(C)C1=CNC(C2C=CC(c3ccccc3)CC2)CC1C1C=CC=CC1. The van der Waals surface area contributed by atoms with Gasteiger partial charge in [-0.25, -0.2) is 0 Å². The Morgan fingerprint density at radius 1 is 0.926 bits per heavy atom. The monoisotopic (exact) mass is 359 g/mol. The summed E-state index contributed by atoms with van der Waals surface area (Å²) in [5.41, 5.74) is 3.07. The van der Waals surface area contributed by atoms with E-state index >= 15 is 0 Å². The van der Waals surface area contributed by atoms with Crippen molar-refractivity contribution in [2.24, 2.45) is 23.7 Å². The van der Waals surface area contributed by atoms with Crippen LogP contribution in [-0.4, -0.2) is 6.04 Å². The Hall–Kier alpha value is -2.02. The third kappa shape index (κ3) is 4.13. The number of hydrogen-bond donors (Lipinski definition) is 1. The predicted octanol–water partition coefficient (Wildman–Crippen LogP) is 6.39. The van der Waals surface area contributed by atoms with E-state index in [0.29, 0.717) is 35.6 Å². The average molecular weight is 360 g/mol. The molecule has 1 aliphatic heterocycles. The van der Waals surface area contributed by atoms with Gasteiger partial charge in [0.15, 0.2) is 0 Å². The van der Waals surface area contributed by atoms with Crippen LogP contribution in [0.3, 0.4) is 0 Å². The molecule has 1 N–H and O–H groups in total. The van der Waals surface area contributed by atoms with Crippen molar-refractivity contribution >= 4 is 0 Å². The molecule has 1 aromatic carbocycles. The molecule has 1 nitrogen and oxygen atoms in total. The van der Waals surface area contributed by atoms with Gasteiger partial charge in [-0.15, -0.1) is 0 Å². The van der Waals surface area contributed by atoms with E-state index in [1.807, 2.05) is 0 Å². The van der Waals surface area contributed by atoms with Gasteiger partial charge in [0.05, 0.1) is 0 Å². The third-order valence-corrected chi connectivity index (χ3v) is 6.74. The van der Waals surface area contributed by atoms with Gasteiger partial charge in [0, 0.05) is 12.0 Å². The van der Waals surface area contributed by atoms with E-state index in [1.165, 1.54) is 31.2 Å². The van der Waals surface area contributed by atoms with Gasteiger partial charge in [-0.2, -0.15) is 0 Å². The van der Waals surface area contributed by atoms with Crippen LogP contribution in [0.1, 0.15) is 51.0 Å². The quantitative estimate of drug-likeness (QED) is 0.614. The molecule has 1 aromatic rings. The first-order valence-corrected chi connectivity index (χ1v) is 10.7. The Kier molecular flexibility index (Phi) is 5.66. The van der Waals surface area contributed by atoms with Crippen molar-refractivity contribution in [3.05, 3.63) is 84.1 Å². The van der Waals surface area contributed by atoms with Crippen molar-refractivity contribution in [2.75, 3.05) is 0 Å². The average Bonchev–Trinajstić information content (AvgIpc) is 2.74. The van der Waals surface area contributed by atoms with Gasteiger partial charge in [0.1, 0.15) is 0 Å². The summed E-state index contributed by atoms with van der Waals surface area (Å²) in [6, 6.07) is 11.5. The lowest BCUT2D eigenvalue weighted by Crippen LogP contribution is -2.41.